The first-order valence-corrected chi connectivity index (χ1v) is 6.26. The Morgan fingerprint density at radius 1 is 1.20 bits per heavy atom. The molecule has 1 aromatic carbocycles. The maximum Gasteiger partial charge on any atom is 0.0948 e. The van der Waals surface area contributed by atoms with Gasteiger partial charge in [-0.15, -0.1) is 0 Å². The zero-order valence-electron chi connectivity index (χ0n) is 7.74. The number of halogens is 2. The number of allylic oxidation sites excluding steroid dienone is 2. The Labute approximate surface area is 104 Å². The first-order valence-electron chi connectivity index (χ1n) is 4.67. The Balaban J connectivity index is 2.39. The number of nitrogens with zero attached hydrogens (tertiary/aromatic N) is 1. The molecule has 15 heavy (non-hydrogen) atoms. The summed E-state index contributed by atoms with van der Waals surface area (Å²) in [5.41, 5.74) is 1.28. The van der Waals surface area contributed by atoms with Crippen LogP contribution in [0, 0.1) is 0 Å². The van der Waals surface area contributed by atoms with Crippen LogP contribution in [0.4, 0.5) is 0 Å². The monoisotopic (exact) mass is 323 g/mol. The Morgan fingerprint density at radius 3 is 2.93 bits per heavy atom. The first kappa shape index (κ1) is 9.55. The summed E-state index contributed by atoms with van der Waals surface area (Å²) in [6.07, 6.45) is 6.32. The van der Waals surface area contributed by atoms with Gasteiger partial charge >= 0.3 is 0 Å². The minimum atomic E-state index is 0.204. The predicted molar refractivity (Wildman–Crippen MR) is 68.3 cm³/mol. The van der Waals surface area contributed by atoms with Gasteiger partial charge in [0.15, 0.2) is 0 Å². The van der Waals surface area contributed by atoms with Gasteiger partial charge in [-0.2, -0.15) is 0 Å². The second-order valence-corrected chi connectivity index (χ2v) is 5.41. The van der Waals surface area contributed by atoms with Crippen LogP contribution in [-0.4, -0.2) is 6.04 Å². The van der Waals surface area contributed by atoms with Crippen LogP contribution in [0.1, 0.15) is 0 Å². The highest BCUT2D eigenvalue weighted by Gasteiger charge is 2.17. The van der Waals surface area contributed by atoms with Gasteiger partial charge in [-0.3, -0.25) is 4.99 Å². The van der Waals surface area contributed by atoms with Crippen molar-refractivity contribution in [3.8, 4) is 0 Å². The van der Waals surface area contributed by atoms with Crippen LogP contribution >= 0.6 is 31.9 Å². The van der Waals surface area contributed by atoms with Gasteiger partial charge in [-0.05, 0) is 35.9 Å². The third-order valence-electron chi connectivity index (χ3n) is 2.60. The molecular formula is C12H7Br2N. The second-order valence-electron chi connectivity index (χ2n) is 3.58. The maximum atomic E-state index is 4.64. The Hall–Kier alpha value is -0.670. The molecule has 0 amide bonds. The van der Waals surface area contributed by atoms with E-state index >= 15 is 0 Å². The molecule has 1 aromatic rings. The molecule has 1 heterocycles. The van der Waals surface area contributed by atoms with Crippen molar-refractivity contribution in [2.24, 2.45) is 4.99 Å². The first-order chi connectivity index (χ1) is 7.24. The molecule has 1 aliphatic carbocycles. The van der Waals surface area contributed by atoms with Gasteiger partial charge in [0, 0.05) is 14.2 Å². The zero-order chi connectivity index (χ0) is 10.4. The van der Waals surface area contributed by atoms with Crippen LogP contribution in [0.2, 0.25) is 0 Å². The average Bonchev–Trinajstić information content (AvgIpc) is 2.56. The molecule has 0 saturated carbocycles. The lowest BCUT2D eigenvalue weighted by Crippen LogP contribution is -2.22. The standard InChI is InChI=1S/C12H7Br2N/c13-7-1-3-11-9(5-7)10-6-8(14)2-4-12(10)15-11/h1-6,11H/t11-/m1/s1. The van der Waals surface area contributed by atoms with E-state index < -0.39 is 0 Å². The topological polar surface area (TPSA) is 12.4 Å². The number of benzene rings is 1. The fourth-order valence-electron chi connectivity index (χ4n) is 1.92. The van der Waals surface area contributed by atoms with Crippen LogP contribution in [-0.2, 0) is 0 Å². The number of fused-ring (bicyclic) bond motifs is 2. The molecule has 1 nitrogen and oxygen atoms in total. The van der Waals surface area contributed by atoms with E-state index in [1.165, 1.54) is 10.8 Å². The Kier molecular flexibility index (Phi) is 2.18. The molecule has 0 N–H and O–H groups in total. The normalized spacial score (nSPS) is 21.9. The van der Waals surface area contributed by atoms with Gasteiger partial charge in [0.1, 0.15) is 0 Å². The lowest BCUT2D eigenvalue weighted by Gasteiger charge is -2.09. The molecule has 74 valence electrons. The quantitative estimate of drug-likeness (QED) is 0.695. The molecule has 1 atom stereocenters. The molecule has 0 radical (unpaired) electrons. The van der Waals surface area contributed by atoms with Crippen LogP contribution < -0.4 is 10.6 Å². The summed E-state index contributed by atoms with van der Waals surface area (Å²) in [6.45, 7) is 0. The summed E-state index contributed by atoms with van der Waals surface area (Å²) >= 11 is 6.99. The van der Waals surface area contributed by atoms with E-state index in [1.807, 2.05) is 6.07 Å². The van der Waals surface area contributed by atoms with E-state index in [9.17, 15) is 0 Å². The molecule has 3 heteroatoms. The van der Waals surface area contributed by atoms with Crippen LogP contribution in [0.5, 0.6) is 0 Å². The summed E-state index contributed by atoms with van der Waals surface area (Å²) in [4.78, 5) is 4.64. The fraction of sp³-hybridized carbons (Fsp3) is 0.0833. The maximum absolute atomic E-state index is 4.64. The molecule has 0 unspecified atom stereocenters. The van der Waals surface area contributed by atoms with E-state index in [0.717, 1.165) is 14.3 Å². The minimum absolute atomic E-state index is 0.204. The smallest absolute Gasteiger partial charge is 0.0948 e. The summed E-state index contributed by atoms with van der Waals surface area (Å²) in [6, 6.07) is 6.42. The van der Waals surface area contributed by atoms with E-state index in [-0.39, 0.29) is 6.04 Å². The van der Waals surface area contributed by atoms with Crippen molar-refractivity contribution in [1.29, 1.82) is 0 Å². The fourth-order valence-corrected chi connectivity index (χ4v) is 2.68. The van der Waals surface area contributed by atoms with Crippen LogP contribution in [0.3, 0.4) is 0 Å². The van der Waals surface area contributed by atoms with Crippen molar-refractivity contribution in [3.63, 3.8) is 0 Å². The number of hydrogen-bond acceptors (Lipinski definition) is 1. The van der Waals surface area contributed by atoms with E-state index in [1.54, 1.807) is 0 Å². The minimum Gasteiger partial charge on any atom is -0.272 e. The molecule has 0 saturated heterocycles. The van der Waals surface area contributed by atoms with Crippen molar-refractivity contribution < 1.29 is 0 Å². The highest BCUT2D eigenvalue weighted by atomic mass is 79.9. The van der Waals surface area contributed by atoms with E-state index in [2.05, 4.69) is 67.2 Å². The summed E-state index contributed by atoms with van der Waals surface area (Å²) in [7, 11) is 0. The van der Waals surface area contributed by atoms with Crippen LogP contribution in [0.25, 0.3) is 5.57 Å². The predicted octanol–water partition coefficient (Wildman–Crippen LogP) is 2.45. The largest absolute Gasteiger partial charge is 0.272 e. The molecular weight excluding hydrogens is 318 g/mol. The summed E-state index contributed by atoms with van der Waals surface area (Å²) < 4.78 is 2.21. The van der Waals surface area contributed by atoms with Crippen molar-refractivity contribution in [1.82, 2.24) is 0 Å². The highest BCUT2D eigenvalue weighted by molar-refractivity contribution is 9.12. The number of rotatable bonds is 0. The van der Waals surface area contributed by atoms with Crippen molar-refractivity contribution in [2.45, 2.75) is 6.04 Å². The SMILES string of the molecule is BrC1=CC2=c3cc(Br)ccc3=N[C@@H]2C=C1. The molecule has 2 aliphatic rings. The third kappa shape index (κ3) is 1.54. The number of hydrogen-bond donors (Lipinski definition) is 0. The van der Waals surface area contributed by atoms with Crippen LogP contribution in [0.15, 0.2) is 50.4 Å². The highest BCUT2D eigenvalue weighted by Crippen LogP contribution is 2.24. The van der Waals surface area contributed by atoms with E-state index in [4.69, 9.17) is 0 Å². The zero-order valence-corrected chi connectivity index (χ0v) is 10.9. The third-order valence-corrected chi connectivity index (χ3v) is 3.58. The van der Waals surface area contributed by atoms with Gasteiger partial charge < -0.3 is 0 Å². The van der Waals surface area contributed by atoms with Gasteiger partial charge in [0.2, 0.25) is 0 Å². The summed E-state index contributed by atoms with van der Waals surface area (Å²) in [5.74, 6) is 0. The lowest BCUT2D eigenvalue weighted by molar-refractivity contribution is 1.03. The van der Waals surface area contributed by atoms with Crippen molar-refractivity contribution in [3.05, 3.63) is 56.0 Å². The van der Waals surface area contributed by atoms with Gasteiger partial charge in [-0.25, -0.2) is 0 Å². The molecule has 0 spiro atoms. The Morgan fingerprint density at radius 2 is 2.07 bits per heavy atom. The van der Waals surface area contributed by atoms with E-state index in [0.29, 0.717) is 0 Å². The molecule has 1 aliphatic heterocycles. The lowest BCUT2D eigenvalue weighted by atomic mass is 10.0. The van der Waals surface area contributed by atoms with Gasteiger partial charge in [0.25, 0.3) is 0 Å². The molecule has 0 fully saturated rings. The van der Waals surface area contributed by atoms with Gasteiger partial charge in [0.05, 0.1) is 11.4 Å². The summed E-state index contributed by atoms with van der Waals surface area (Å²) in [5, 5.41) is 2.32. The van der Waals surface area contributed by atoms with Crippen molar-refractivity contribution in [2.75, 3.05) is 0 Å². The second kappa shape index (κ2) is 3.42. The average molecular weight is 325 g/mol. The Bertz CT molecular complexity index is 611. The molecule has 0 bridgehead atoms. The molecule has 0 aromatic heterocycles. The van der Waals surface area contributed by atoms with Crippen molar-refractivity contribution >= 4 is 37.4 Å². The van der Waals surface area contributed by atoms with Gasteiger partial charge in [-0.1, -0.05) is 37.9 Å². The molecule has 3 rings (SSSR count).